The van der Waals surface area contributed by atoms with Gasteiger partial charge >= 0.3 is 17.8 Å². The molecule has 0 spiro atoms. The number of carbonyl (C=O) groups excluding carboxylic acids is 4. The van der Waals surface area contributed by atoms with Crippen molar-refractivity contribution in [1.82, 2.24) is 20.0 Å². The summed E-state index contributed by atoms with van der Waals surface area (Å²) in [5.41, 5.74) is 0.628. The molecule has 0 unspecified atom stereocenters. The summed E-state index contributed by atoms with van der Waals surface area (Å²) in [6.07, 6.45) is 2.06. The standard InChI is InChI=1S/C19H24N4O4/c1-2-10-22-17(25)18(26)23(19(22)27)13-21-11-8-15(9-12-21)20-16(24)14-6-4-3-5-7-14/h3-7,15H,2,8-13H2,1H3,(H,20,24). The average molecular weight is 372 g/mol. The predicted molar refractivity (Wildman–Crippen MR) is 97.6 cm³/mol. The van der Waals surface area contributed by atoms with Crippen molar-refractivity contribution < 1.29 is 19.2 Å². The van der Waals surface area contributed by atoms with Crippen molar-refractivity contribution >= 4 is 23.8 Å². The summed E-state index contributed by atoms with van der Waals surface area (Å²) in [5, 5.41) is 3.02. The molecule has 0 saturated carbocycles. The van der Waals surface area contributed by atoms with Gasteiger partial charge in [-0.1, -0.05) is 25.1 Å². The predicted octanol–water partition coefficient (Wildman–Crippen LogP) is 1.04. The van der Waals surface area contributed by atoms with Gasteiger partial charge in [-0.25, -0.2) is 9.69 Å². The van der Waals surface area contributed by atoms with Crippen LogP contribution in [-0.4, -0.2) is 70.8 Å². The lowest BCUT2D eigenvalue weighted by Gasteiger charge is -2.33. The normalized spacial score (nSPS) is 19.1. The number of urea groups is 1. The van der Waals surface area contributed by atoms with Crippen molar-refractivity contribution in [2.45, 2.75) is 32.2 Å². The van der Waals surface area contributed by atoms with Gasteiger partial charge in [0.15, 0.2) is 0 Å². The van der Waals surface area contributed by atoms with E-state index in [0.717, 1.165) is 22.6 Å². The fraction of sp³-hybridized carbons (Fsp3) is 0.474. The number of piperidine rings is 1. The molecule has 2 aliphatic rings. The molecule has 1 N–H and O–H groups in total. The third kappa shape index (κ3) is 4.16. The van der Waals surface area contributed by atoms with E-state index in [1.165, 1.54) is 0 Å². The van der Waals surface area contributed by atoms with Crippen molar-refractivity contribution in [1.29, 1.82) is 0 Å². The van der Waals surface area contributed by atoms with Crippen LogP contribution in [0.5, 0.6) is 0 Å². The Bertz CT molecular complexity index is 728. The molecular formula is C19H24N4O4. The summed E-state index contributed by atoms with van der Waals surface area (Å²) in [6, 6.07) is 8.57. The van der Waals surface area contributed by atoms with E-state index in [1.807, 2.05) is 30.0 Å². The van der Waals surface area contributed by atoms with Crippen LogP contribution in [0.2, 0.25) is 0 Å². The summed E-state index contributed by atoms with van der Waals surface area (Å²) in [6.45, 7) is 3.50. The lowest BCUT2D eigenvalue weighted by atomic mass is 10.0. The van der Waals surface area contributed by atoms with Crippen LogP contribution in [0.3, 0.4) is 0 Å². The van der Waals surface area contributed by atoms with Crippen molar-refractivity contribution in [2.75, 3.05) is 26.3 Å². The Kier molecular flexibility index (Phi) is 5.85. The average Bonchev–Trinajstić information content (AvgIpc) is 2.88. The summed E-state index contributed by atoms with van der Waals surface area (Å²) in [7, 11) is 0. The summed E-state index contributed by atoms with van der Waals surface area (Å²) in [5.74, 6) is -1.60. The maximum Gasteiger partial charge on any atom is 0.335 e. The molecule has 3 rings (SSSR count). The van der Waals surface area contributed by atoms with Crippen LogP contribution in [0.15, 0.2) is 30.3 Å². The number of rotatable bonds is 6. The molecule has 1 aromatic rings. The number of nitrogens with one attached hydrogen (secondary N) is 1. The zero-order chi connectivity index (χ0) is 19.4. The van der Waals surface area contributed by atoms with Gasteiger partial charge in [-0.15, -0.1) is 0 Å². The smallest absolute Gasteiger partial charge is 0.335 e. The lowest BCUT2D eigenvalue weighted by molar-refractivity contribution is -0.144. The molecule has 2 fully saturated rings. The van der Waals surface area contributed by atoms with Crippen LogP contribution in [-0.2, 0) is 9.59 Å². The minimum absolute atomic E-state index is 0.0529. The highest BCUT2D eigenvalue weighted by molar-refractivity contribution is 6.44. The minimum atomic E-state index is -0.757. The van der Waals surface area contributed by atoms with Crippen molar-refractivity contribution in [2.24, 2.45) is 0 Å². The molecule has 2 aliphatic heterocycles. The van der Waals surface area contributed by atoms with E-state index < -0.39 is 17.8 Å². The van der Waals surface area contributed by atoms with Crippen LogP contribution in [0, 0.1) is 0 Å². The second kappa shape index (κ2) is 8.30. The van der Waals surface area contributed by atoms with E-state index in [4.69, 9.17) is 0 Å². The monoisotopic (exact) mass is 372 g/mol. The first-order valence-corrected chi connectivity index (χ1v) is 9.27. The van der Waals surface area contributed by atoms with Crippen LogP contribution >= 0.6 is 0 Å². The Morgan fingerprint density at radius 3 is 2.30 bits per heavy atom. The Morgan fingerprint density at radius 2 is 1.67 bits per heavy atom. The van der Waals surface area contributed by atoms with Crippen molar-refractivity contribution in [3.05, 3.63) is 35.9 Å². The van der Waals surface area contributed by atoms with Crippen LogP contribution in [0.25, 0.3) is 0 Å². The molecular weight excluding hydrogens is 348 g/mol. The van der Waals surface area contributed by atoms with E-state index in [0.29, 0.717) is 25.1 Å². The molecule has 27 heavy (non-hydrogen) atoms. The number of hydrogen-bond donors (Lipinski definition) is 1. The number of nitrogens with zero attached hydrogens (tertiary/aromatic N) is 3. The van der Waals surface area contributed by atoms with E-state index in [9.17, 15) is 19.2 Å². The van der Waals surface area contributed by atoms with Crippen LogP contribution < -0.4 is 5.32 Å². The minimum Gasteiger partial charge on any atom is -0.349 e. The molecule has 8 heteroatoms. The Labute approximate surface area is 158 Å². The van der Waals surface area contributed by atoms with Gasteiger partial charge in [0.1, 0.15) is 0 Å². The fourth-order valence-corrected chi connectivity index (χ4v) is 3.37. The molecule has 1 aromatic carbocycles. The highest BCUT2D eigenvalue weighted by Gasteiger charge is 2.44. The van der Waals surface area contributed by atoms with Crippen LogP contribution in [0.1, 0.15) is 36.5 Å². The molecule has 0 aromatic heterocycles. The third-order valence-corrected chi connectivity index (χ3v) is 4.88. The zero-order valence-corrected chi connectivity index (χ0v) is 15.4. The quantitative estimate of drug-likeness (QED) is 0.595. The number of likely N-dealkylation sites (tertiary alicyclic amines) is 1. The van der Waals surface area contributed by atoms with Crippen molar-refractivity contribution in [3.8, 4) is 0 Å². The maximum absolute atomic E-state index is 12.3. The second-order valence-corrected chi connectivity index (χ2v) is 6.85. The summed E-state index contributed by atoms with van der Waals surface area (Å²) >= 11 is 0. The van der Waals surface area contributed by atoms with Gasteiger partial charge in [0.05, 0.1) is 6.67 Å². The van der Waals surface area contributed by atoms with E-state index in [1.54, 1.807) is 12.1 Å². The van der Waals surface area contributed by atoms with Gasteiger partial charge < -0.3 is 5.32 Å². The van der Waals surface area contributed by atoms with Gasteiger partial charge in [-0.3, -0.25) is 24.2 Å². The Morgan fingerprint density at radius 1 is 1.04 bits per heavy atom. The Hall–Kier alpha value is -2.74. The topological polar surface area (TPSA) is 90.0 Å². The molecule has 2 heterocycles. The highest BCUT2D eigenvalue weighted by Crippen LogP contribution is 2.17. The molecule has 5 amide bonds. The van der Waals surface area contributed by atoms with E-state index in [-0.39, 0.29) is 25.2 Å². The molecule has 2 saturated heterocycles. The maximum atomic E-state index is 12.3. The first kappa shape index (κ1) is 19.0. The highest BCUT2D eigenvalue weighted by atomic mass is 16.2. The molecule has 0 atom stereocenters. The number of imide groups is 2. The van der Waals surface area contributed by atoms with Gasteiger partial charge in [-0.2, -0.15) is 0 Å². The molecule has 0 aliphatic carbocycles. The molecule has 8 nitrogen and oxygen atoms in total. The summed E-state index contributed by atoms with van der Waals surface area (Å²) < 4.78 is 0. The molecule has 0 bridgehead atoms. The van der Waals surface area contributed by atoms with E-state index in [2.05, 4.69) is 5.32 Å². The first-order chi connectivity index (χ1) is 13.0. The van der Waals surface area contributed by atoms with Gasteiger partial charge in [0, 0.05) is 31.2 Å². The number of hydrogen-bond acceptors (Lipinski definition) is 5. The SMILES string of the molecule is CCCN1C(=O)C(=O)N(CN2CCC(NC(=O)c3ccccc3)CC2)C1=O. The fourth-order valence-electron chi connectivity index (χ4n) is 3.37. The van der Waals surface area contributed by atoms with Gasteiger partial charge in [-0.05, 0) is 31.4 Å². The number of carbonyl (C=O) groups is 4. The lowest BCUT2D eigenvalue weighted by Crippen LogP contribution is -2.49. The van der Waals surface area contributed by atoms with Crippen molar-refractivity contribution in [3.63, 3.8) is 0 Å². The number of benzene rings is 1. The molecule has 0 radical (unpaired) electrons. The number of amides is 5. The summed E-state index contributed by atoms with van der Waals surface area (Å²) in [4.78, 5) is 52.5. The van der Waals surface area contributed by atoms with Gasteiger partial charge in [0.25, 0.3) is 5.91 Å². The third-order valence-electron chi connectivity index (χ3n) is 4.88. The second-order valence-electron chi connectivity index (χ2n) is 6.85. The Balaban J connectivity index is 1.50. The zero-order valence-electron chi connectivity index (χ0n) is 15.4. The largest absolute Gasteiger partial charge is 0.349 e. The van der Waals surface area contributed by atoms with Crippen LogP contribution in [0.4, 0.5) is 4.79 Å². The van der Waals surface area contributed by atoms with E-state index >= 15 is 0 Å². The molecule has 144 valence electrons. The van der Waals surface area contributed by atoms with Gasteiger partial charge in [0.2, 0.25) is 0 Å². The first-order valence-electron chi connectivity index (χ1n) is 9.27.